The highest BCUT2D eigenvalue weighted by atomic mass is 19.4. The predicted molar refractivity (Wildman–Crippen MR) is 92.3 cm³/mol. The molecule has 0 atom stereocenters. The minimum absolute atomic E-state index is 0.0624. The summed E-state index contributed by atoms with van der Waals surface area (Å²) in [5, 5.41) is 9.09. The second-order valence-electron chi connectivity index (χ2n) is 7.15. The molecule has 0 saturated heterocycles. The molecule has 0 amide bonds. The number of nitrogens with zero attached hydrogens (tertiary/aromatic N) is 3. The average Bonchev–Trinajstić information content (AvgIpc) is 2.90. The molecule has 2 rings (SSSR count). The summed E-state index contributed by atoms with van der Waals surface area (Å²) < 4.78 is 47.0. The number of ether oxygens (including phenoxy) is 1. The van der Waals surface area contributed by atoms with Gasteiger partial charge in [0.1, 0.15) is 5.82 Å². The Morgan fingerprint density at radius 2 is 1.93 bits per heavy atom. The first-order valence-corrected chi connectivity index (χ1v) is 8.17. The van der Waals surface area contributed by atoms with E-state index in [1.165, 1.54) is 19.2 Å². The van der Waals surface area contributed by atoms with Crippen molar-refractivity contribution in [2.45, 2.75) is 45.8 Å². The van der Waals surface area contributed by atoms with Crippen molar-refractivity contribution in [3.05, 3.63) is 52.1 Å². The first kappa shape index (κ1) is 20.5. The Morgan fingerprint density at radius 3 is 2.41 bits per heavy atom. The van der Waals surface area contributed by atoms with Crippen LogP contribution in [-0.4, -0.2) is 22.6 Å². The molecule has 0 fully saturated rings. The smallest absolute Gasteiger partial charge is 0.418 e. The van der Waals surface area contributed by atoms with Gasteiger partial charge in [-0.1, -0.05) is 32.9 Å². The minimum atomic E-state index is -4.68. The molecule has 1 aromatic heterocycles. The van der Waals surface area contributed by atoms with Crippen LogP contribution in [0.15, 0.2) is 18.2 Å². The van der Waals surface area contributed by atoms with Gasteiger partial charge in [-0.2, -0.15) is 18.4 Å². The lowest BCUT2D eigenvalue weighted by atomic mass is 9.95. The Balaban J connectivity index is 2.71. The van der Waals surface area contributed by atoms with Crippen LogP contribution in [0.2, 0.25) is 0 Å². The van der Waals surface area contributed by atoms with E-state index in [0.29, 0.717) is 11.5 Å². The lowest BCUT2D eigenvalue weighted by molar-refractivity contribution is -0.138. The van der Waals surface area contributed by atoms with E-state index in [4.69, 9.17) is 10.00 Å². The molecule has 0 spiro atoms. The zero-order chi connectivity index (χ0) is 20.6. The number of carbonyl (C=O) groups is 1. The van der Waals surface area contributed by atoms with E-state index in [9.17, 15) is 18.0 Å². The SMILES string of the molecule is COC(=O)c1nc(C(C)(C)C)n(Cc2cccc(C#N)c2C(F)(F)F)c1C. The van der Waals surface area contributed by atoms with Gasteiger partial charge in [0.2, 0.25) is 0 Å². The van der Waals surface area contributed by atoms with Gasteiger partial charge in [0, 0.05) is 17.7 Å². The summed E-state index contributed by atoms with van der Waals surface area (Å²) in [5.41, 5.74) is -1.54. The van der Waals surface area contributed by atoms with Crippen molar-refractivity contribution < 1.29 is 22.7 Å². The molecule has 2 aromatic rings. The van der Waals surface area contributed by atoms with Gasteiger partial charge in [0.25, 0.3) is 0 Å². The van der Waals surface area contributed by atoms with Crippen LogP contribution in [0.25, 0.3) is 0 Å². The maximum absolute atomic E-state index is 13.6. The summed E-state index contributed by atoms with van der Waals surface area (Å²) in [6.45, 7) is 6.98. The zero-order valence-electron chi connectivity index (χ0n) is 15.7. The molecule has 1 heterocycles. The fourth-order valence-corrected chi connectivity index (χ4v) is 2.92. The number of alkyl halides is 3. The summed E-state index contributed by atoms with van der Waals surface area (Å²) in [6.07, 6.45) is -4.68. The van der Waals surface area contributed by atoms with Crippen LogP contribution in [0.3, 0.4) is 0 Å². The number of benzene rings is 1. The molecule has 0 aliphatic heterocycles. The Labute approximate surface area is 155 Å². The van der Waals surface area contributed by atoms with E-state index in [1.807, 2.05) is 20.8 Å². The van der Waals surface area contributed by atoms with Gasteiger partial charge in [0.05, 0.1) is 24.3 Å². The topological polar surface area (TPSA) is 67.9 Å². The van der Waals surface area contributed by atoms with Gasteiger partial charge in [0.15, 0.2) is 5.69 Å². The van der Waals surface area contributed by atoms with Crippen molar-refractivity contribution in [2.75, 3.05) is 7.11 Å². The second kappa shape index (κ2) is 7.06. The van der Waals surface area contributed by atoms with Crippen molar-refractivity contribution >= 4 is 5.97 Å². The molecular weight excluding hydrogens is 359 g/mol. The van der Waals surface area contributed by atoms with Crippen LogP contribution in [0.1, 0.15) is 59.5 Å². The number of nitriles is 1. The van der Waals surface area contributed by atoms with Gasteiger partial charge in [-0.05, 0) is 18.6 Å². The normalized spacial score (nSPS) is 12.0. The van der Waals surface area contributed by atoms with Crippen LogP contribution in [-0.2, 0) is 22.9 Å². The maximum atomic E-state index is 13.6. The van der Waals surface area contributed by atoms with Gasteiger partial charge < -0.3 is 9.30 Å². The van der Waals surface area contributed by atoms with Crippen LogP contribution in [0, 0.1) is 18.3 Å². The molecule has 0 saturated carbocycles. The molecule has 0 radical (unpaired) electrons. The number of imidazole rings is 1. The van der Waals surface area contributed by atoms with E-state index in [2.05, 4.69) is 4.98 Å². The zero-order valence-corrected chi connectivity index (χ0v) is 15.7. The summed E-state index contributed by atoms with van der Waals surface area (Å²) in [7, 11) is 1.22. The number of esters is 1. The quantitative estimate of drug-likeness (QED) is 0.749. The predicted octanol–water partition coefficient (Wildman–Crippen LogP) is 4.21. The number of aromatic nitrogens is 2. The number of hydrogen-bond donors (Lipinski definition) is 0. The third kappa shape index (κ3) is 3.97. The van der Waals surface area contributed by atoms with E-state index < -0.39 is 28.7 Å². The highest BCUT2D eigenvalue weighted by Crippen LogP contribution is 2.36. The summed E-state index contributed by atoms with van der Waals surface area (Å²) >= 11 is 0. The standard InChI is InChI=1S/C19H20F3N3O2/c1-11-15(16(26)27-5)24-17(18(2,3)4)25(11)10-13-8-6-7-12(9-23)14(13)19(20,21)22/h6-8H,10H2,1-5H3. The number of hydrogen-bond acceptors (Lipinski definition) is 4. The van der Waals surface area contributed by atoms with Crippen molar-refractivity contribution in [2.24, 2.45) is 0 Å². The van der Waals surface area contributed by atoms with Gasteiger partial charge in [-0.25, -0.2) is 9.78 Å². The highest BCUT2D eigenvalue weighted by Gasteiger charge is 2.37. The van der Waals surface area contributed by atoms with Crippen LogP contribution in [0.4, 0.5) is 13.2 Å². The molecule has 27 heavy (non-hydrogen) atoms. The number of carbonyl (C=O) groups excluding carboxylic acids is 1. The van der Waals surface area contributed by atoms with Gasteiger partial charge in [-0.15, -0.1) is 0 Å². The fraction of sp³-hybridized carbons (Fsp3) is 0.421. The molecular formula is C19H20F3N3O2. The van der Waals surface area contributed by atoms with Crippen molar-refractivity contribution in [3.63, 3.8) is 0 Å². The number of methoxy groups -OCH3 is 1. The van der Waals surface area contributed by atoms with E-state index in [0.717, 1.165) is 6.07 Å². The third-order valence-electron chi connectivity index (χ3n) is 4.15. The monoisotopic (exact) mass is 379 g/mol. The molecule has 0 bridgehead atoms. The Bertz CT molecular complexity index is 916. The maximum Gasteiger partial charge on any atom is 0.418 e. The third-order valence-corrected chi connectivity index (χ3v) is 4.15. The van der Waals surface area contributed by atoms with Gasteiger partial charge in [-0.3, -0.25) is 0 Å². The molecule has 8 heteroatoms. The molecule has 144 valence electrons. The molecule has 0 unspecified atom stereocenters. The first-order chi connectivity index (χ1) is 12.4. The largest absolute Gasteiger partial charge is 0.464 e. The van der Waals surface area contributed by atoms with Crippen LogP contribution in [0.5, 0.6) is 0 Å². The van der Waals surface area contributed by atoms with E-state index in [-0.39, 0.29) is 17.8 Å². The lowest BCUT2D eigenvalue weighted by Crippen LogP contribution is -2.21. The van der Waals surface area contributed by atoms with E-state index in [1.54, 1.807) is 17.6 Å². The molecule has 1 aromatic carbocycles. The van der Waals surface area contributed by atoms with Crippen molar-refractivity contribution in [1.29, 1.82) is 5.26 Å². The molecule has 5 nitrogen and oxygen atoms in total. The van der Waals surface area contributed by atoms with Crippen LogP contribution >= 0.6 is 0 Å². The first-order valence-electron chi connectivity index (χ1n) is 8.17. The fourth-order valence-electron chi connectivity index (χ4n) is 2.92. The Hall–Kier alpha value is -2.82. The second-order valence-corrected chi connectivity index (χ2v) is 7.15. The molecule has 0 aliphatic carbocycles. The molecule has 0 N–H and O–H groups in total. The number of rotatable bonds is 3. The summed E-state index contributed by atoms with van der Waals surface area (Å²) in [5.74, 6) is -0.200. The minimum Gasteiger partial charge on any atom is -0.464 e. The van der Waals surface area contributed by atoms with Crippen molar-refractivity contribution in [1.82, 2.24) is 9.55 Å². The lowest BCUT2D eigenvalue weighted by Gasteiger charge is -2.22. The highest BCUT2D eigenvalue weighted by molar-refractivity contribution is 5.88. The summed E-state index contributed by atoms with van der Waals surface area (Å²) in [4.78, 5) is 16.3. The number of halogens is 3. The molecule has 0 aliphatic rings. The van der Waals surface area contributed by atoms with Crippen molar-refractivity contribution in [3.8, 4) is 6.07 Å². The van der Waals surface area contributed by atoms with E-state index >= 15 is 0 Å². The average molecular weight is 379 g/mol. The van der Waals surface area contributed by atoms with Crippen LogP contribution < -0.4 is 0 Å². The Kier molecular flexibility index (Phi) is 5.36. The van der Waals surface area contributed by atoms with Gasteiger partial charge >= 0.3 is 12.1 Å². The Morgan fingerprint density at radius 1 is 1.30 bits per heavy atom. The summed E-state index contributed by atoms with van der Waals surface area (Å²) in [6, 6.07) is 5.47.